The van der Waals surface area contributed by atoms with Crippen molar-refractivity contribution in [1.82, 2.24) is 19.1 Å². The first-order valence-electron chi connectivity index (χ1n) is 6.24. The van der Waals surface area contributed by atoms with Crippen molar-refractivity contribution >= 4 is 46.6 Å². The van der Waals surface area contributed by atoms with E-state index in [1.807, 2.05) is 0 Å². The van der Waals surface area contributed by atoms with Crippen LogP contribution in [-0.2, 0) is 13.6 Å². The number of hydrogen-bond acceptors (Lipinski definition) is 3. The molecule has 0 aliphatic heterocycles. The summed E-state index contributed by atoms with van der Waals surface area (Å²) < 4.78 is 3.22. The fourth-order valence-corrected chi connectivity index (χ4v) is 2.96. The van der Waals surface area contributed by atoms with Crippen LogP contribution in [-0.4, -0.2) is 19.1 Å². The predicted octanol–water partition coefficient (Wildman–Crippen LogP) is 2.44. The highest BCUT2D eigenvalue weighted by atomic mass is 35.5. The molecule has 114 valence electrons. The first kappa shape index (κ1) is 15.1. The number of rotatable bonds is 2. The molecule has 9 heteroatoms. The number of benzene rings is 1. The summed E-state index contributed by atoms with van der Waals surface area (Å²) in [6.45, 7) is 0.288. The molecule has 3 rings (SSSR count). The summed E-state index contributed by atoms with van der Waals surface area (Å²) in [4.78, 5) is 28.9. The van der Waals surface area contributed by atoms with Gasteiger partial charge in [-0.3, -0.25) is 14.3 Å². The maximum absolute atomic E-state index is 12.1. The normalized spacial score (nSPS) is 11.2. The van der Waals surface area contributed by atoms with Gasteiger partial charge in [-0.05, 0) is 29.9 Å². The lowest BCUT2D eigenvalue weighted by Gasteiger charge is -2.07. The molecule has 0 aliphatic carbocycles. The van der Waals surface area contributed by atoms with E-state index in [4.69, 9.17) is 35.4 Å². The number of halogens is 2. The van der Waals surface area contributed by atoms with E-state index in [9.17, 15) is 9.59 Å². The number of nitrogens with zero attached hydrogens (tertiary/aromatic N) is 2. The molecular weight excluding hydrogens is 347 g/mol. The van der Waals surface area contributed by atoms with Gasteiger partial charge in [-0.2, -0.15) is 0 Å². The molecule has 0 unspecified atom stereocenters. The zero-order valence-corrected chi connectivity index (χ0v) is 13.6. The summed E-state index contributed by atoms with van der Waals surface area (Å²) >= 11 is 17.3. The van der Waals surface area contributed by atoms with Gasteiger partial charge in [-0.15, -0.1) is 0 Å². The van der Waals surface area contributed by atoms with Gasteiger partial charge in [0.25, 0.3) is 5.56 Å². The molecule has 0 aliphatic rings. The number of fused-ring (bicyclic) bond motifs is 1. The highest BCUT2D eigenvalue weighted by Gasteiger charge is 2.14. The Balaban J connectivity index is 2.26. The highest BCUT2D eigenvalue weighted by Crippen LogP contribution is 2.22. The number of H-pyrrole nitrogens is 2. The second kappa shape index (κ2) is 5.42. The number of imidazole rings is 1. The van der Waals surface area contributed by atoms with Crippen LogP contribution in [0, 0.1) is 4.77 Å². The van der Waals surface area contributed by atoms with Crippen LogP contribution >= 0.6 is 35.4 Å². The Morgan fingerprint density at radius 1 is 1.23 bits per heavy atom. The zero-order chi connectivity index (χ0) is 16.0. The Bertz CT molecular complexity index is 1060. The molecule has 0 saturated carbocycles. The molecule has 2 heterocycles. The molecule has 0 bridgehead atoms. The molecule has 0 atom stereocenters. The molecule has 22 heavy (non-hydrogen) atoms. The molecule has 1 aromatic carbocycles. The standard InChI is InChI=1S/C13H10Cl2N4O2S/c1-18-10-9(11(20)17-12(18)21)19(13(22)16-10)5-6-2-3-7(14)4-8(6)15/h2-4H,5H2,1H3,(H,16,22)(H,17,20,21). The number of nitrogens with one attached hydrogen (secondary N) is 2. The van der Waals surface area contributed by atoms with Crippen molar-refractivity contribution in [3.05, 3.63) is 59.4 Å². The Kier molecular flexibility index (Phi) is 3.72. The molecule has 2 N–H and O–H groups in total. The molecule has 0 spiro atoms. The molecule has 0 amide bonds. The third-order valence-corrected chi connectivity index (χ3v) is 4.29. The lowest BCUT2D eigenvalue weighted by Crippen LogP contribution is -2.29. The molecule has 0 fully saturated rings. The maximum Gasteiger partial charge on any atom is 0.329 e. The molecule has 0 saturated heterocycles. The average Bonchev–Trinajstić information content (AvgIpc) is 2.77. The molecule has 6 nitrogen and oxygen atoms in total. The van der Waals surface area contributed by atoms with Crippen LogP contribution in [0.2, 0.25) is 10.0 Å². The smallest absolute Gasteiger partial charge is 0.316 e. The van der Waals surface area contributed by atoms with E-state index in [0.717, 1.165) is 5.56 Å². The summed E-state index contributed by atoms with van der Waals surface area (Å²) in [7, 11) is 1.55. The van der Waals surface area contributed by atoms with Crippen LogP contribution in [0.1, 0.15) is 5.56 Å². The van der Waals surface area contributed by atoms with Gasteiger partial charge in [0, 0.05) is 17.1 Å². The zero-order valence-electron chi connectivity index (χ0n) is 11.3. The second-order valence-corrected chi connectivity index (χ2v) is 6.00. The molecule has 2 aromatic heterocycles. The van der Waals surface area contributed by atoms with Gasteiger partial charge in [0.1, 0.15) is 5.65 Å². The van der Waals surface area contributed by atoms with Crippen molar-refractivity contribution in [3.63, 3.8) is 0 Å². The van der Waals surface area contributed by atoms with Gasteiger partial charge < -0.3 is 9.55 Å². The Hall–Kier alpha value is -1.83. The summed E-state index contributed by atoms with van der Waals surface area (Å²) in [5.74, 6) is 0. The van der Waals surface area contributed by atoms with Crippen molar-refractivity contribution < 1.29 is 0 Å². The molecule has 0 radical (unpaired) electrons. The molecule has 3 aromatic rings. The van der Waals surface area contributed by atoms with Gasteiger partial charge in [-0.25, -0.2) is 4.79 Å². The van der Waals surface area contributed by atoms with Crippen LogP contribution in [0.15, 0.2) is 27.8 Å². The Labute approximate surface area is 138 Å². The quantitative estimate of drug-likeness (QED) is 0.692. The van der Waals surface area contributed by atoms with Crippen molar-refractivity contribution in [2.45, 2.75) is 6.54 Å². The summed E-state index contributed by atoms with van der Waals surface area (Å²) in [5, 5.41) is 1.00. The lowest BCUT2D eigenvalue weighted by atomic mass is 10.2. The Morgan fingerprint density at radius 2 is 1.95 bits per heavy atom. The first-order chi connectivity index (χ1) is 10.4. The minimum absolute atomic E-state index is 0.288. The predicted molar refractivity (Wildman–Crippen MR) is 88.5 cm³/mol. The fourth-order valence-electron chi connectivity index (χ4n) is 2.24. The van der Waals surface area contributed by atoms with Crippen LogP contribution in [0.3, 0.4) is 0 Å². The van der Waals surface area contributed by atoms with Crippen molar-refractivity contribution in [1.29, 1.82) is 0 Å². The van der Waals surface area contributed by atoms with E-state index >= 15 is 0 Å². The van der Waals surface area contributed by atoms with Gasteiger partial charge in [0.2, 0.25) is 0 Å². The van der Waals surface area contributed by atoms with Crippen molar-refractivity contribution in [3.8, 4) is 0 Å². The minimum Gasteiger partial charge on any atom is -0.316 e. The van der Waals surface area contributed by atoms with Crippen LogP contribution in [0.25, 0.3) is 11.2 Å². The summed E-state index contributed by atoms with van der Waals surface area (Å²) in [5.41, 5.74) is 0.402. The fraction of sp³-hybridized carbons (Fsp3) is 0.154. The summed E-state index contributed by atoms with van der Waals surface area (Å²) in [6, 6.07) is 5.10. The lowest BCUT2D eigenvalue weighted by molar-refractivity contribution is 0.798. The van der Waals surface area contributed by atoms with E-state index in [2.05, 4.69) is 9.97 Å². The van der Waals surface area contributed by atoms with E-state index in [-0.39, 0.29) is 12.1 Å². The van der Waals surface area contributed by atoms with E-state index in [0.29, 0.717) is 20.5 Å². The van der Waals surface area contributed by atoms with E-state index in [1.165, 1.54) is 4.57 Å². The minimum atomic E-state index is -0.509. The van der Waals surface area contributed by atoms with Crippen LogP contribution < -0.4 is 11.2 Å². The van der Waals surface area contributed by atoms with Crippen molar-refractivity contribution in [2.24, 2.45) is 7.05 Å². The topological polar surface area (TPSA) is 75.6 Å². The SMILES string of the molecule is Cn1c(=O)[nH]c(=O)c2c1[nH]c(=S)n2Cc1ccc(Cl)cc1Cl. The van der Waals surface area contributed by atoms with Crippen LogP contribution in [0.5, 0.6) is 0 Å². The van der Waals surface area contributed by atoms with Gasteiger partial charge in [0.05, 0.1) is 6.54 Å². The van der Waals surface area contributed by atoms with Crippen LogP contribution in [0.4, 0.5) is 0 Å². The average molecular weight is 357 g/mol. The number of aryl methyl sites for hydroxylation is 1. The van der Waals surface area contributed by atoms with E-state index in [1.54, 1.807) is 29.8 Å². The summed E-state index contributed by atoms with van der Waals surface area (Å²) in [6.07, 6.45) is 0. The monoisotopic (exact) mass is 356 g/mol. The number of hydrogen-bond donors (Lipinski definition) is 2. The van der Waals surface area contributed by atoms with Gasteiger partial charge in [-0.1, -0.05) is 29.3 Å². The van der Waals surface area contributed by atoms with Gasteiger partial charge >= 0.3 is 5.69 Å². The third kappa shape index (κ3) is 2.41. The third-order valence-electron chi connectivity index (χ3n) is 3.38. The maximum atomic E-state index is 12.1. The largest absolute Gasteiger partial charge is 0.329 e. The Morgan fingerprint density at radius 3 is 2.64 bits per heavy atom. The number of aromatic amines is 2. The first-order valence-corrected chi connectivity index (χ1v) is 7.40. The van der Waals surface area contributed by atoms with Crippen molar-refractivity contribution in [2.75, 3.05) is 0 Å². The van der Waals surface area contributed by atoms with E-state index < -0.39 is 11.2 Å². The second-order valence-electron chi connectivity index (χ2n) is 4.77. The number of aromatic nitrogens is 4. The highest BCUT2D eigenvalue weighted by molar-refractivity contribution is 7.71. The van der Waals surface area contributed by atoms with Gasteiger partial charge in [0.15, 0.2) is 10.3 Å². The molecular formula is C13H10Cl2N4O2S.